The molecule has 0 N–H and O–H groups in total. The molecular formula is C55H46N2. The van der Waals surface area contributed by atoms with Crippen molar-refractivity contribution in [2.24, 2.45) is 5.92 Å². The average molecular weight is 735 g/mol. The van der Waals surface area contributed by atoms with E-state index < -0.39 is 0 Å². The van der Waals surface area contributed by atoms with Crippen molar-refractivity contribution < 1.29 is 0 Å². The first kappa shape index (κ1) is 34.2. The number of nitrogens with zero attached hydrogens (tertiary/aromatic N) is 2. The predicted molar refractivity (Wildman–Crippen MR) is 236 cm³/mol. The highest BCUT2D eigenvalue weighted by molar-refractivity contribution is 5.94. The number of hydrogen-bond acceptors (Lipinski definition) is 2. The van der Waals surface area contributed by atoms with Gasteiger partial charge < -0.3 is 0 Å². The van der Waals surface area contributed by atoms with Crippen LogP contribution in [0.2, 0.25) is 0 Å². The van der Waals surface area contributed by atoms with Crippen LogP contribution in [-0.2, 0) is 10.8 Å². The molecule has 6 aromatic carbocycles. The molecule has 4 aliphatic rings. The molecule has 2 heteroatoms. The van der Waals surface area contributed by atoms with Crippen molar-refractivity contribution in [3.8, 4) is 56.2 Å². The van der Waals surface area contributed by atoms with Gasteiger partial charge in [0.1, 0.15) is 0 Å². The van der Waals surface area contributed by atoms with E-state index in [1.165, 1.54) is 65.5 Å². The number of allylic oxidation sites excluding steroid dienone is 4. The van der Waals surface area contributed by atoms with Gasteiger partial charge in [0.2, 0.25) is 0 Å². The summed E-state index contributed by atoms with van der Waals surface area (Å²) in [7, 11) is 0. The molecule has 1 aromatic heterocycles. The fraction of sp³-hybridized carbons (Fsp3) is 0.200. The minimum Gasteiger partial charge on any atom is -0.243 e. The summed E-state index contributed by atoms with van der Waals surface area (Å²) in [4.78, 5) is 11.0. The second-order valence-corrected chi connectivity index (χ2v) is 17.2. The summed E-state index contributed by atoms with van der Waals surface area (Å²) in [5.41, 5.74) is 19.4. The van der Waals surface area contributed by atoms with Crippen molar-refractivity contribution in [1.82, 2.24) is 9.97 Å². The molecule has 11 rings (SSSR count). The molecule has 57 heavy (non-hydrogen) atoms. The summed E-state index contributed by atoms with van der Waals surface area (Å²) in [5, 5.41) is 0. The van der Waals surface area contributed by atoms with Gasteiger partial charge in [0.15, 0.2) is 0 Å². The molecule has 1 fully saturated rings. The van der Waals surface area contributed by atoms with Crippen LogP contribution in [0.4, 0.5) is 0 Å². The van der Waals surface area contributed by atoms with Crippen molar-refractivity contribution in [2.75, 3.05) is 0 Å². The minimum atomic E-state index is -0.0573. The van der Waals surface area contributed by atoms with E-state index in [9.17, 15) is 0 Å². The lowest BCUT2D eigenvalue weighted by Crippen LogP contribution is -2.35. The Kier molecular flexibility index (Phi) is 7.93. The third kappa shape index (κ3) is 5.37. The minimum absolute atomic E-state index is 0.0573. The quantitative estimate of drug-likeness (QED) is 0.176. The van der Waals surface area contributed by atoms with Crippen molar-refractivity contribution in [3.63, 3.8) is 0 Å². The molecule has 0 saturated heterocycles. The van der Waals surface area contributed by atoms with Crippen molar-refractivity contribution in [1.29, 1.82) is 0 Å². The normalized spacial score (nSPS) is 19.5. The Hall–Kier alpha value is -6.12. The number of rotatable bonds is 5. The summed E-state index contributed by atoms with van der Waals surface area (Å²) >= 11 is 0. The first-order valence-corrected chi connectivity index (χ1v) is 20.9. The third-order valence-electron chi connectivity index (χ3n) is 13.8. The Labute approximate surface area is 336 Å². The smallest absolute Gasteiger partial charge is 0.0973 e. The summed E-state index contributed by atoms with van der Waals surface area (Å²) in [6, 6.07) is 57.1. The zero-order valence-electron chi connectivity index (χ0n) is 32.8. The van der Waals surface area contributed by atoms with Crippen LogP contribution in [0.5, 0.6) is 0 Å². The van der Waals surface area contributed by atoms with Crippen LogP contribution >= 0.6 is 0 Å². The summed E-state index contributed by atoms with van der Waals surface area (Å²) in [6.07, 6.45) is 12.0. The van der Waals surface area contributed by atoms with Crippen LogP contribution < -0.4 is 0 Å². The summed E-state index contributed by atoms with van der Waals surface area (Å²) in [6.45, 7) is 4.87. The Balaban J connectivity index is 1.05. The van der Waals surface area contributed by atoms with Gasteiger partial charge >= 0.3 is 0 Å². The Bertz CT molecular complexity index is 2730. The topological polar surface area (TPSA) is 25.8 Å². The van der Waals surface area contributed by atoms with Crippen molar-refractivity contribution >= 4 is 5.57 Å². The maximum Gasteiger partial charge on any atom is 0.0973 e. The molecule has 1 spiro atoms. The highest BCUT2D eigenvalue weighted by Crippen LogP contribution is 2.64. The monoisotopic (exact) mass is 734 g/mol. The maximum atomic E-state index is 5.54. The third-order valence-corrected chi connectivity index (χ3v) is 13.8. The van der Waals surface area contributed by atoms with Crippen LogP contribution in [0, 0.1) is 5.92 Å². The Morgan fingerprint density at radius 2 is 0.982 bits per heavy atom. The zero-order chi connectivity index (χ0) is 38.1. The van der Waals surface area contributed by atoms with E-state index >= 15 is 0 Å². The van der Waals surface area contributed by atoms with Crippen molar-refractivity contribution in [3.05, 3.63) is 198 Å². The fourth-order valence-electron chi connectivity index (χ4n) is 11.0. The lowest BCUT2D eigenvalue weighted by atomic mass is 9.62. The Morgan fingerprint density at radius 3 is 1.61 bits per heavy atom. The van der Waals surface area contributed by atoms with Gasteiger partial charge in [-0.2, -0.15) is 0 Å². The highest BCUT2D eigenvalue weighted by Gasteiger charge is 2.53. The number of fused-ring (bicyclic) bond motifs is 8. The standard InChI is InChI=1S/C55H46N2/c1-54(2)46-29-28-40(33-43(46)45-35-49-44(34-48(45)54)42-26-13-14-27-47(42)55(49)30-15-6-16-31-55)39-24-17-25-41(32-39)53-52(38-22-11-5-12-23-38)56-50(36-18-7-3-8-19-36)51(57-53)37-20-9-4-10-21-37/h3-5,7-14,17-29,32-35,44,49H,6,15-16,30-31H2,1-2H3. The number of benzene rings is 6. The first-order valence-electron chi connectivity index (χ1n) is 20.9. The number of aromatic nitrogens is 2. The molecule has 2 nitrogen and oxygen atoms in total. The van der Waals surface area contributed by atoms with Crippen LogP contribution in [0.1, 0.15) is 74.1 Å². The van der Waals surface area contributed by atoms with Gasteiger partial charge in [0, 0.05) is 39.0 Å². The second kappa shape index (κ2) is 13.2. The molecule has 0 radical (unpaired) electrons. The lowest BCUT2D eigenvalue weighted by Gasteiger charge is -2.41. The van der Waals surface area contributed by atoms with Gasteiger partial charge in [-0.15, -0.1) is 0 Å². The van der Waals surface area contributed by atoms with E-state index in [4.69, 9.17) is 9.97 Å². The average Bonchev–Trinajstić information content (AvgIpc) is 3.66. The maximum absolute atomic E-state index is 5.54. The lowest BCUT2D eigenvalue weighted by molar-refractivity contribution is 0.233. The molecule has 0 amide bonds. The molecule has 0 bridgehead atoms. The van der Waals surface area contributed by atoms with Crippen molar-refractivity contribution in [2.45, 2.75) is 62.7 Å². The van der Waals surface area contributed by atoms with E-state index in [1.54, 1.807) is 11.1 Å². The molecular weight excluding hydrogens is 689 g/mol. The van der Waals surface area contributed by atoms with E-state index in [0.29, 0.717) is 11.8 Å². The highest BCUT2D eigenvalue weighted by atomic mass is 14.9. The van der Waals surface area contributed by atoms with Crippen LogP contribution in [0.15, 0.2) is 175 Å². The Morgan fingerprint density at radius 1 is 0.456 bits per heavy atom. The zero-order valence-corrected chi connectivity index (χ0v) is 32.8. The molecule has 7 aromatic rings. The molecule has 0 aliphatic heterocycles. The molecule has 276 valence electrons. The SMILES string of the molecule is CC1(C)C2=CC3c4ccccc4C4(CCCCC4)C3C=C2c2cc(-c3cccc(-c4nc(-c5ccccc5)c(-c5ccccc5)nc4-c4ccccc4)c3)ccc21. The van der Waals surface area contributed by atoms with E-state index in [-0.39, 0.29) is 10.8 Å². The van der Waals surface area contributed by atoms with Gasteiger partial charge in [-0.25, -0.2) is 9.97 Å². The van der Waals surface area contributed by atoms with Crippen LogP contribution in [0.3, 0.4) is 0 Å². The molecule has 2 atom stereocenters. The van der Waals surface area contributed by atoms with Gasteiger partial charge in [0.05, 0.1) is 22.8 Å². The molecule has 4 aliphatic carbocycles. The number of hydrogen-bond donors (Lipinski definition) is 0. The van der Waals surface area contributed by atoms with Gasteiger partial charge in [-0.1, -0.05) is 191 Å². The van der Waals surface area contributed by atoms with Crippen LogP contribution in [-0.4, -0.2) is 9.97 Å². The van der Waals surface area contributed by atoms with Gasteiger partial charge in [-0.05, 0) is 75.4 Å². The fourth-order valence-corrected chi connectivity index (χ4v) is 11.0. The second-order valence-electron chi connectivity index (χ2n) is 17.2. The summed E-state index contributed by atoms with van der Waals surface area (Å²) in [5.74, 6) is 0.965. The summed E-state index contributed by atoms with van der Waals surface area (Å²) < 4.78 is 0. The molecule has 2 unspecified atom stereocenters. The van der Waals surface area contributed by atoms with Crippen LogP contribution in [0.25, 0.3) is 61.7 Å². The predicted octanol–water partition coefficient (Wildman–Crippen LogP) is 14.0. The van der Waals surface area contributed by atoms with Gasteiger partial charge in [-0.3, -0.25) is 0 Å². The first-order chi connectivity index (χ1) is 28.0. The molecule has 1 saturated carbocycles. The van der Waals surface area contributed by atoms with E-state index in [1.807, 2.05) is 0 Å². The largest absolute Gasteiger partial charge is 0.243 e. The van der Waals surface area contributed by atoms with E-state index in [0.717, 1.165) is 45.0 Å². The molecule has 1 heterocycles. The van der Waals surface area contributed by atoms with E-state index in [2.05, 4.69) is 184 Å². The van der Waals surface area contributed by atoms with Gasteiger partial charge in [0.25, 0.3) is 0 Å².